The minimum Gasteiger partial charge on any atom is -0.355 e. The first-order chi connectivity index (χ1) is 8.41. The zero-order valence-corrected chi connectivity index (χ0v) is 10.9. The molecule has 0 N–H and O–H groups in total. The van der Waals surface area contributed by atoms with Crippen LogP contribution < -0.4 is 4.90 Å². The van der Waals surface area contributed by atoms with Crippen molar-refractivity contribution in [1.82, 2.24) is 4.98 Å². The number of hydrogen-bond donors (Lipinski definition) is 0. The second-order valence-electron chi connectivity index (χ2n) is 4.28. The Morgan fingerprint density at radius 3 is 2.67 bits per heavy atom. The number of anilines is 1. The molecule has 2 heterocycles. The van der Waals surface area contributed by atoms with Crippen molar-refractivity contribution < 1.29 is 13.2 Å². The van der Waals surface area contributed by atoms with E-state index < -0.39 is 11.7 Å². The standard InChI is InChI=1S/C11H11Cl2F3N2/c12-4-7-1-2-18(6-7)10-9(13)3-8(5-17-10)11(14,15)16/h3,5,7H,1-2,4,6H2. The van der Waals surface area contributed by atoms with Gasteiger partial charge < -0.3 is 4.90 Å². The quantitative estimate of drug-likeness (QED) is 0.772. The Morgan fingerprint density at radius 2 is 2.17 bits per heavy atom. The Kier molecular flexibility index (Phi) is 3.92. The number of alkyl halides is 4. The van der Waals surface area contributed by atoms with Crippen LogP contribution in [0.15, 0.2) is 12.3 Å². The van der Waals surface area contributed by atoms with Gasteiger partial charge in [-0.1, -0.05) is 11.6 Å². The molecule has 0 saturated carbocycles. The molecule has 100 valence electrons. The van der Waals surface area contributed by atoms with Gasteiger partial charge in [0.25, 0.3) is 0 Å². The summed E-state index contributed by atoms with van der Waals surface area (Å²) in [4.78, 5) is 5.70. The SMILES string of the molecule is FC(F)(F)c1cnc(N2CCC(CCl)C2)c(Cl)c1. The molecule has 1 aromatic heterocycles. The minimum atomic E-state index is -4.42. The number of nitrogens with zero attached hydrogens (tertiary/aromatic N) is 2. The third-order valence-electron chi connectivity index (χ3n) is 2.95. The monoisotopic (exact) mass is 298 g/mol. The molecule has 0 amide bonds. The van der Waals surface area contributed by atoms with Crippen molar-refractivity contribution in [2.24, 2.45) is 5.92 Å². The van der Waals surface area contributed by atoms with Gasteiger partial charge >= 0.3 is 6.18 Å². The molecule has 2 rings (SSSR count). The van der Waals surface area contributed by atoms with Gasteiger partial charge in [0.2, 0.25) is 0 Å². The lowest BCUT2D eigenvalue weighted by Crippen LogP contribution is -2.22. The van der Waals surface area contributed by atoms with Crippen LogP contribution >= 0.6 is 23.2 Å². The van der Waals surface area contributed by atoms with Crippen LogP contribution in [0.2, 0.25) is 5.02 Å². The predicted molar refractivity (Wildman–Crippen MR) is 65.3 cm³/mol. The molecule has 1 unspecified atom stereocenters. The Labute approximate surface area is 113 Å². The van der Waals surface area contributed by atoms with Crippen molar-refractivity contribution in [3.05, 3.63) is 22.8 Å². The van der Waals surface area contributed by atoms with Gasteiger partial charge in [-0.2, -0.15) is 13.2 Å². The highest BCUT2D eigenvalue weighted by Crippen LogP contribution is 2.35. The number of halogens is 5. The summed E-state index contributed by atoms with van der Waals surface area (Å²) in [6, 6.07) is 0.915. The average Bonchev–Trinajstić information content (AvgIpc) is 2.76. The average molecular weight is 299 g/mol. The van der Waals surface area contributed by atoms with E-state index >= 15 is 0 Å². The highest BCUT2D eigenvalue weighted by atomic mass is 35.5. The smallest absolute Gasteiger partial charge is 0.355 e. The largest absolute Gasteiger partial charge is 0.417 e. The zero-order chi connectivity index (χ0) is 13.3. The highest BCUT2D eigenvalue weighted by Gasteiger charge is 2.32. The number of aromatic nitrogens is 1. The van der Waals surface area contributed by atoms with E-state index in [2.05, 4.69) is 4.98 Å². The molecule has 1 atom stereocenters. The van der Waals surface area contributed by atoms with Crippen LogP contribution in [0, 0.1) is 5.92 Å². The van der Waals surface area contributed by atoms with E-state index in [-0.39, 0.29) is 5.02 Å². The van der Waals surface area contributed by atoms with Crippen LogP contribution in [-0.4, -0.2) is 24.0 Å². The van der Waals surface area contributed by atoms with E-state index in [0.29, 0.717) is 24.2 Å². The molecular weight excluding hydrogens is 288 g/mol. The van der Waals surface area contributed by atoms with Gasteiger partial charge in [0.15, 0.2) is 0 Å². The number of hydrogen-bond acceptors (Lipinski definition) is 2. The molecule has 1 fully saturated rings. The molecule has 1 aliphatic rings. The Morgan fingerprint density at radius 1 is 1.44 bits per heavy atom. The normalized spacial score (nSPS) is 20.5. The Hall–Kier alpha value is -0.680. The maximum Gasteiger partial charge on any atom is 0.417 e. The fraction of sp³-hybridized carbons (Fsp3) is 0.545. The lowest BCUT2D eigenvalue weighted by molar-refractivity contribution is -0.137. The first kappa shape index (κ1) is 13.7. The molecule has 0 radical (unpaired) electrons. The van der Waals surface area contributed by atoms with Crippen molar-refractivity contribution >= 4 is 29.0 Å². The maximum absolute atomic E-state index is 12.5. The molecule has 0 aromatic carbocycles. The summed E-state index contributed by atoms with van der Waals surface area (Å²) in [6.07, 6.45) is -2.70. The fourth-order valence-corrected chi connectivity index (χ4v) is 2.51. The van der Waals surface area contributed by atoms with Crippen molar-refractivity contribution in [3.8, 4) is 0 Å². The molecule has 1 saturated heterocycles. The van der Waals surface area contributed by atoms with Gasteiger partial charge in [0, 0.05) is 25.2 Å². The third-order valence-corrected chi connectivity index (χ3v) is 3.67. The van der Waals surface area contributed by atoms with E-state index in [1.54, 1.807) is 0 Å². The Balaban J connectivity index is 2.21. The summed E-state index contributed by atoms with van der Waals surface area (Å²) in [6.45, 7) is 1.40. The Bertz CT molecular complexity index is 437. The summed E-state index contributed by atoms with van der Waals surface area (Å²) in [5.74, 6) is 1.28. The van der Waals surface area contributed by atoms with Crippen LogP contribution in [0.25, 0.3) is 0 Å². The molecule has 2 nitrogen and oxygen atoms in total. The zero-order valence-electron chi connectivity index (χ0n) is 9.34. The van der Waals surface area contributed by atoms with Crippen LogP contribution in [0.3, 0.4) is 0 Å². The molecule has 7 heteroatoms. The van der Waals surface area contributed by atoms with Crippen molar-refractivity contribution in [3.63, 3.8) is 0 Å². The van der Waals surface area contributed by atoms with Crippen LogP contribution in [0.1, 0.15) is 12.0 Å². The first-order valence-corrected chi connectivity index (χ1v) is 6.36. The van der Waals surface area contributed by atoms with Gasteiger partial charge in [0.1, 0.15) is 5.82 Å². The van der Waals surface area contributed by atoms with Crippen LogP contribution in [0.4, 0.5) is 19.0 Å². The number of rotatable bonds is 2. The van der Waals surface area contributed by atoms with Gasteiger partial charge in [0.05, 0.1) is 10.6 Å². The van der Waals surface area contributed by atoms with E-state index in [4.69, 9.17) is 23.2 Å². The van der Waals surface area contributed by atoms with Gasteiger partial charge in [-0.05, 0) is 18.4 Å². The summed E-state index contributed by atoms with van der Waals surface area (Å²) in [7, 11) is 0. The molecule has 1 aliphatic heterocycles. The third kappa shape index (κ3) is 2.83. The number of pyridine rings is 1. The predicted octanol–water partition coefficient (Wildman–Crippen LogP) is 3.82. The molecular formula is C11H11Cl2F3N2. The molecule has 1 aromatic rings. The summed E-state index contributed by atoms with van der Waals surface area (Å²) in [5.41, 5.74) is -0.829. The fourth-order valence-electron chi connectivity index (χ4n) is 1.97. The van der Waals surface area contributed by atoms with Gasteiger partial charge in [-0.15, -0.1) is 11.6 Å². The van der Waals surface area contributed by atoms with Crippen LogP contribution in [0.5, 0.6) is 0 Å². The van der Waals surface area contributed by atoms with Crippen molar-refractivity contribution in [2.75, 3.05) is 23.9 Å². The van der Waals surface area contributed by atoms with Crippen LogP contribution in [-0.2, 0) is 6.18 Å². The van der Waals surface area contributed by atoms with E-state index in [9.17, 15) is 13.2 Å². The summed E-state index contributed by atoms with van der Waals surface area (Å²) < 4.78 is 37.4. The molecule has 0 spiro atoms. The molecule has 0 aliphatic carbocycles. The second kappa shape index (κ2) is 5.13. The first-order valence-electron chi connectivity index (χ1n) is 5.45. The highest BCUT2D eigenvalue weighted by molar-refractivity contribution is 6.33. The minimum absolute atomic E-state index is 0.0278. The van der Waals surface area contributed by atoms with Crippen molar-refractivity contribution in [1.29, 1.82) is 0 Å². The van der Waals surface area contributed by atoms with Gasteiger partial charge in [-0.3, -0.25) is 0 Å². The molecule has 0 bridgehead atoms. The maximum atomic E-state index is 12.5. The van der Waals surface area contributed by atoms with Gasteiger partial charge in [-0.25, -0.2) is 4.98 Å². The van der Waals surface area contributed by atoms with E-state index in [0.717, 1.165) is 25.2 Å². The molecule has 18 heavy (non-hydrogen) atoms. The lowest BCUT2D eigenvalue weighted by atomic mass is 10.2. The van der Waals surface area contributed by atoms with E-state index in [1.165, 1.54) is 0 Å². The topological polar surface area (TPSA) is 16.1 Å². The summed E-state index contributed by atoms with van der Waals surface area (Å²) >= 11 is 11.6. The lowest BCUT2D eigenvalue weighted by Gasteiger charge is -2.19. The van der Waals surface area contributed by atoms with E-state index in [1.807, 2.05) is 4.90 Å². The summed E-state index contributed by atoms with van der Waals surface area (Å²) in [5, 5.41) is 0.0278. The van der Waals surface area contributed by atoms with Crippen molar-refractivity contribution in [2.45, 2.75) is 12.6 Å². The second-order valence-corrected chi connectivity index (χ2v) is 5.00.